The Morgan fingerprint density at radius 3 is 2.61 bits per heavy atom. The van der Waals surface area contributed by atoms with Crippen molar-refractivity contribution in [3.63, 3.8) is 0 Å². The molecule has 4 heteroatoms. The molecule has 3 aliphatic rings. The van der Waals surface area contributed by atoms with Gasteiger partial charge >= 0.3 is 0 Å². The van der Waals surface area contributed by atoms with Crippen LogP contribution >= 0.6 is 0 Å². The molecule has 2 aliphatic carbocycles. The number of ether oxygens (including phenoxy) is 2. The van der Waals surface area contributed by atoms with Gasteiger partial charge in [0.2, 0.25) is 6.10 Å². The van der Waals surface area contributed by atoms with Crippen LogP contribution in [0.2, 0.25) is 0 Å². The number of fused-ring (bicyclic) bond motifs is 3. The average molecular weight is 315 g/mol. The van der Waals surface area contributed by atoms with E-state index in [1.54, 1.807) is 0 Å². The van der Waals surface area contributed by atoms with Crippen molar-refractivity contribution >= 4 is 5.91 Å². The lowest BCUT2D eigenvalue weighted by Gasteiger charge is -2.40. The van der Waals surface area contributed by atoms with Crippen LogP contribution in [0.15, 0.2) is 24.3 Å². The normalized spacial score (nSPS) is 36.7. The van der Waals surface area contributed by atoms with Crippen molar-refractivity contribution in [1.29, 1.82) is 0 Å². The fraction of sp³-hybridized carbons (Fsp3) is 0.632. The summed E-state index contributed by atoms with van der Waals surface area (Å²) in [6, 6.07) is 7.74. The fourth-order valence-electron chi connectivity index (χ4n) is 4.84. The van der Waals surface area contributed by atoms with E-state index in [0.29, 0.717) is 22.8 Å². The molecule has 4 nitrogen and oxygen atoms in total. The number of amides is 1. The lowest BCUT2D eigenvalue weighted by Crippen LogP contribution is -2.52. The van der Waals surface area contributed by atoms with Gasteiger partial charge in [0.1, 0.15) is 6.61 Å². The number of carbonyl (C=O) groups is 1. The third kappa shape index (κ3) is 2.07. The van der Waals surface area contributed by atoms with Gasteiger partial charge in [0.05, 0.1) is 0 Å². The smallest absolute Gasteiger partial charge is 0.264 e. The second-order valence-electron chi connectivity index (χ2n) is 8.04. The first-order valence-electron chi connectivity index (χ1n) is 8.61. The summed E-state index contributed by atoms with van der Waals surface area (Å²) in [6.07, 6.45) is 3.00. The molecule has 0 saturated heterocycles. The Bertz CT molecular complexity index is 641. The molecule has 4 rings (SSSR count). The van der Waals surface area contributed by atoms with E-state index in [9.17, 15) is 4.79 Å². The SMILES string of the molecule is CC1(C)[C@@H]2CC[C@@]1(C)[C@@H](NC(=O)[C@@H]1COc3ccccc3O1)C2. The van der Waals surface area contributed by atoms with Crippen LogP contribution < -0.4 is 14.8 Å². The molecule has 1 aromatic rings. The topological polar surface area (TPSA) is 47.6 Å². The zero-order valence-electron chi connectivity index (χ0n) is 14.1. The molecule has 2 saturated carbocycles. The molecule has 2 bridgehead atoms. The van der Waals surface area contributed by atoms with E-state index in [0.717, 1.165) is 6.42 Å². The maximum atomic E-state index is 12.7. The number of para-hydroxylation sites is 2. The Morgan fingerprint density at radius 2 is 1.96 bits per heavy atom. The van der Waals surface area contributed by atoms with Gasteiger partial charge in [0.15, 0.2) is 11.5 Å². The van der Waals surface area contributed by atoms with E-state index in [4.69, 9.17) is 9.47 Å². The first kappa shape index (κ1) is 14.9. The minimum absolute atomic E-state index is 0.0471. The van der Waals surface area contributed by atoms with E-state index in [2.05, 4.69) is 26.1 Å². The van der Waals surface area contributed by atoms with Crippen LogP contribution in [0.1, 0.15) is 40.0 Å². The van der Waals surface area contributed by atoms with Gasteiger partial charge in [0, 0.05) is 6.04 Å². The van der Waals surface area contributed by atoms with Crippen molar-refractivity contribution in [3.8, 4) is 11.5 Å². The minimum Gasteiger partial charge on any atom is -0.485 e. The molecule has 0 aromatic heterocycles. The Kier molecular flexibility index (Phi) is 3.16. The van der Waals surface area contributed by atoms with Crippen LogP contribution in [-0.2, 0) is 4.79 Å². The minimum atomic E-state index is -0.560. The second kappa shape index (κ2) is 4.89. The van der Waals surface area contributed by atoms with Crippen molar-refractivity contribution in [2.24, 2.45) is 16.7 Å². The molecule has 2 fully saturated rings. The number of rotatable bonds is 2. The van der Waals surface area contributed by atoms with Crippen LogP contribution in [0.3, 0.4) is 0 Å². The number of hydrogen-bond acceptors (Lipinski definition) is 3. The Balaban J connectivity index is 1.46. The molecule has 124 valence electrons. The summed E-state index contributed by atoms with van der Waals surface area (Å²) in [5, 5.41) is 3.26. The van der Waals surface area contributed by atoms with Crippen LogP contribution in [0.25, 0.3) is 0 Å². The van der Waals surface area contributed by atoms with Crippen LogP contribution in [-0.4, -0.2) is 24.7 Å². The average Bonchev–Trinajstić information content (AvgIpc) is 2.87. The Labute approximate surface area is 137 Å². The largest absolute Gasteiger partial charge is 0.485 e. The molecule has 1 aromatic carbocycles. The van der Waals surface area contributed by atoms with E-state index in [1.807, 2.05) is 24.3 Å². The number of benzene rings is 1. The van der Waals surface area contributed by atoms with Crippen molar-refractivity contribution in [1.82, 2.24) is 5.32 Å². The first-order valence-corrected chi connectivity index (χ1v) is 8.61. The van der Waals surface area contributed by atoms with Gasteiger partial charge in [-0.1, -0.05) is 32.9 Å². The summed E-state index contributed by atoms with van der Waals surface area (Å²) < 4.78 is 11.5. The molecule has 4 atom stereocenters. The highest BCUT2D eigenvalue weighted by atomic mass is 16.6. The van der Waals surface area contributed by atoms with Crippen molar-refractivity contribution < 1.29 is 14.3 Å². The highest BCUT2D eigenvalue weighted by molar-refractivity contribution is 5.82. The molecular formula is C19H25NO3. The summed E-state index contributed by atoms with van der Waals surface area (Å²) in [7, 11) is 0. The van der Waals surface area contributed by atoms with Crippen LogP contribution in [0.4, 0.5) is 0 Å². The predicted octanol–water partition coefficient (Wildman–Crippen LogP) is 3.16. The summed E-state index contributed by atoms with van der Waals surface area (Å²) >= 11 is 0. The highest BCUT2D eigenvalue weighted by Crippen LogP contribution is 2.65. The van der Waals surface area contributed by atoms with Gasteiger partial charge < -0.3 is 14.8 Å². The summed E-state index contributed by atoms with van der Waals surface area (Å²) in [6.45, 7) is 7.32. The van der Waals surface area contributed by atoms with Crippen LogP contribution in [0, 0.1) is 16.7 Å². The number of carbonyl (C=O) groups excluding carboxylic acids is 1. The molecule has 0 radical (unpaired) electrons. The second-order valence-corrected chi connectivity index (χ2v) is 8.04. The monoisotopic (exact) mass is 315 g/mol. The molecular weight excluding hydrogens is 290 g/mol. The molecule has 1 amide bonds. The van der Waals surface area contributed by atoms with E-state index in [1.165, 1.54) is 12.8 Å². The van der Waals surface area contributed by atoms with Gasteiger partial charge in [-0.05, 0) is 48.1 Å². The molecule has 1 N–H and O–H groups in total. The zero-order valence-corrected chi connectivity index (χ0v) is 14.1. The summed E-state index contributed by atoms with van der Waals surface area (Å²) in [5.41, 5.74) is 0.474. The van der Waals surface area contributed by atoms with Gasteiger partial charge in [-0.15, -0.1) is 0 Å². The van der Waals surface area contributed by atoms with Crippen LogP contribution in [0.5, 0.6) is 11.5 Å². The fourth-order valence-corrected chi connectivity index (χ4v) is 4.84. The predicted molar refractivity (Wildman–Crippen MR) is 87.5 cm³/mol. The first-order chi connectivity index (χ1) is 10.9. The van der Waals surface area contributed by atoms with E-state index in [-0.39, 0.29) is 24.0 Å². The lowest BCUT2D eigenvalue weighted by atomic mass is 9.69. The van der Waals surface area contributed by atoms with Crippen molar-refractivity contribution in [2.45, 2.75) is 52.2 Å². The van der Waals surface area contributed by atoms with Gasteiger partial charge in [-0.25, -0.2) is 0 Å². The molecule has 0 unspecified atom stereocenters. The zero-order chi connectivity index (χ0) is 16.2. The number of nitrogens with one attached hydrogen (secondary N) is 1. The lowest BCUT2D eigenvalue weighted by molar-refractivity contribution is -0.132. The van der Waals surface area contributed by atoms with E-state index < -0.39 is 6.10 Å². The third-order valence-corrected chi connectivity index (χ3v) is 6.91. The summed E-state index contributed by atoms with van der Waals surface area (Å²) in [4.78, 5) is 12.7. The van der Waals surface area contributed by atoms with Crippen molar-refractivity contribution in [3.05, 3.63) is 24.3 Å². The van der Waals surface area contributed by atoms with Gasteiger partial charge in [-0.2, -0.15) is 0 Å². The maximum Gasteiger partial charge on any atom is 0.264 e. The standard InChI is InChI=1S/C19H25NO3/c1-18(2)12-8-9-19(18,3)16(10-12)20-17(21)15-11-22-13-6-4-5-7-14(13)23-15/h4-7,12,15-16H,8-11H2,1-3H3,(H,20,21)/t12-,15+,16+,19+/m1/s1. The molecule has 1 heterocycles. The molecule has 23 heavy (non-hydrogen) atoms. The maximum absolute atomic E-state index is 12.7. The van der Waals surface area contributed by atoms with Gasteiger partial charge in [0.25, 0.3) is 5.91 Å². The third-order valence-electron chi connectivity index (χ3n) is 6.91. The highest BCUT2D eigenvalue weighted by Gasteiger charge is 2.61. The Morgan fingerprint density at radius 1 is 1.22 bits per heavy atom. The molecule has 0 spiro atoms. The Hall–Kier alpha value is -1.71. The van der Waals surface area contributed by atoms with E-state index >= 15 is 0 Å². The number of hydrogen-bond donors (Lipinski definition) is 1. The van der Waals surface area contributed by atoms with Gasteiger partial charge in [-0.3, -0.25) is 4.79 Å². The van der Waals surface area contributed by atoms with Crippen molar-refractivity contribution in [2.75, 3.05) is 6.61 Å². The molecule has 1 aliphatic heterocycles. The summed E-state index contributed by atoms with van der Waals surface area (Å²) in [5.74, 6) is 2.03. The quantitative estimate of drug-likeness (QED) is 0.912.